The molecular formula is C59H72Cl4N6O9. The minimum Gasteiger partial charge on any atom is -0.478 e. The third kappa shape index (κ3) is 16.8. The van der Waals surface area contributed by atoms with Crippen molar-refractivity contribution in [1.82, 2.24) is 15.1 Å². The van der Waals surface area contributed by atoms with Crippen LogP contribution in [0.5, 0.6) is 0 Å². The topological polar surface area (TPSA) is 210 Å². The van der Waals surface area contributed by atoms with E-state index in [1.54, 1.807) is 93.6 Å². The number of benzene rings is 4. The van der Waals surface area contributed by atoms with Crippen molar-refractivity contribution in [1.29, 1.82) is 0 Å². The Bertz CT molecular complexity index is 2900. The molecule has 2 heterocycles. The van der Waals surface area contributed by atoms with Crippen LogP contribution in [-0.4, -0.2) is 97.6 Å². The number of amides is 3. The monoisotopic (exact) mass is 1150 g/mol. The standard InChI is InChI=1S/C29H33Cl2N3O4.C22H20Cl2N2O3.C7H15NO2.CH4/c1-28(2,3)38-23(35)12-13-32-26(36)19-10-8-18(9-11-19)25(17-6-7-17)34-27(37)24(33-29(34,4)5)20-14-21(30)16-22(31)15-20;1-22(2)25-18(15-9-16(23)11-17(24)10-15)20(27)26(22)19(12-3-4-12)13-5-7-14(8-6-13)21(28)29;1-7(2,3)10-6(9)4-5-8;/h8-11,14-17,25H,6-7,12-13H2,1-5H3,(H,32,36);5-12,19H,3-4H2,1-2H3,(H,28,29);4-5,8H2,1-3H3;1H4/t25-;19-;;/m11../s1. The van der Waals surface area contributed by atoms with Crippen LogP contribution in [-0.2, 0) is 28.7 Å². The van der Waals surface area contributed by atoms with Crippen LogP contribution in [0.4, 0.5) is 0 Å². The number of aromatic carboxylic acids is 1. The fourth-order valence-electron chi connectivity index (χ4n) is 9.19. The van der Waals surface area contributed by atoms with Crippen LogP contribution in [0.3, 0.4) is 0 Å². The Kier molecular flexibility index (Phi) is 20.6. The molecule has 19 heteroatoms. The SMILES string of the molecule is C.CC(C)(C)OC(=O)CCN.CC(C)(C)OC(=O)CCNC(=O)c1ccc([C@@H](C2CC2)N2C(=O)C(c3cc(Cl)cc(Cl)c3)=NC2(C)C)cc1.CC1(C)N=C(c2cc(Cl)cc(Cl)c2)C(=O)N1[C@@H](c1ccc(C(=O)O)cc1)C1CC1. The van der Waals surface area contributed by atoms with Crippen LogP contribution < -0.4 is 11.1 Å². The highest BCUT2D eigenvalue weighted by atomic mass is 35.5. The van der Waals surface area contributed by atoms with E-state index in [-0.39, 0.29) is 73.3 Å². The first-order chi connectivity index (χ1) is 35.9. The Morgan fingerprint density at radius 1 is 0.628 bits per heavy atom. The van der Waals surface area contributed by atoms with Gasteiger partial charge in [0.25, 0.3) is 17.7 Å². The van der Waals surface area contributed by atoms with Gasteiger partial charge in [-0.05, 0) is 179 Å². The summed E-state index contributed by atoms with van der Waals surface area (Å²) >= 11 is 24.7. The summed E-state index contributed by atoms with van der Waals surface area (Å²) < 4.78 is 10.2. The molecule has 78 heavy (non-hydrogen) atoms. The van der Waals surface area contributed by atoms with Crippen LogP contribution >= 0.6 is 46.4 Å². The number of hydrogen-bond acceptors (Lipinski definition) is 11. The highest BCUT2D eigenvalue weighted by molar-refractivity contribution is 6.48. The van der Waals surface area contributed by atoms with Gasteiger partial charge in [-0.25, -0.2) is 4.79 Å². The second-order valence-electron chi connectivity index (χ2n) is 22.4. The molecule has 420 valence electrons. The van der Waals surface area contributed by atoms with E-state index in [1.807, 2.05) is 70.4 Å². The third-order valence-corrected chi connectivity index (χ3v) is 13.4. The minimum absolute atomic E-state index is 0. The van der Waals surface area contributed by atoms with Gasteiger partial charge in [-0.3, -0.25) is 34.0 Å². The molecule has 0 aromatic heterocycles. The lowest BCUT2D eigenvalue weighted by molar-refractivity contribution is -0.155. The Labute approximate surface area is 478 Å². The predicted molar refractivity (Wildman–Crippen MR) is 308 cm³/mol. The van der Waals surface area contributed by atoms with Crippen molar-refractivity contribution >= 4 is 93.5 Å². The molecule has 4 aliphatic rings. The van der Waals surface area contributed by atoms with E-state index in [0.29, 0.717) is 73.0 Å². The lowest BCUT2D eigenvalue weighted by Crippen LogP contribution is -2.46. The summed E-state index contributed by atoms with van der Waals surface area (Å²) in [6.45, 7) is 19.1. The van der Waals surface area contributed by atoms with E-state index in [9.17, 15) is 33.9 Å². The lowest BCUT2D eigenvalue weighted by atomic mass is 9.96. The Hall–Kier alpha value is -5.84. The minimum atomic E-state index is -0.972. The third-order valence-electron chi connectivity index (χ3n) is 12.6. The number of hydrogen-bond donors (Lipinski definition) is 3. The van der Waals surface area contributed by atoms with E-state index < -0.39 is 22.9 Å². The number of nitrogens with one attached hydrogen (secondary N) is 1. The maximum atomic E-state index is 13.7. The fraction of sp³-hybridized carbons (Fsp3) is 0.458. The quantitative estimate of drug-likeness (QED) is 0.0959. The number of nitrogens with zero attached hydrogens (tertiary/aromatic N) is 4. The second-order valence-corrected chi connectivity index (χ2v) is 24.2. The molecule has 2 aliphatic heterocycles. The summed E-state index contributed by atoms with van der Waals surface area (Å²) in [6.07, 6.45) is 4.45. The smallest absolute Gasteiger partial charge is 0.335 e. The zero-order chi connectivity index (χ0) is 56.9. The highest BCUT2D eigenvalue weighted by Gasteiger charge is 2.51. The molecule has 0 bridgehead atoms. The summed E-state index contributed by atoms with van der Waals surface area (Å²) in [6, 6.07) is 23.7. The van der Waals surface area contributed by atoms with Crippen molar-refractivity contribution in [2.45, 2.75) is 150 Å². The van der Waals surface area contributed by atoms with Crippen molar-refractivity contribution in [2.75, 3.05) is 13.1 Å². The number of carboxylic acid groups (broad SMARTS) is 1. The van der Waals surface area contributed by atoms with Crippen molar-refractivity contribution in [2.24, 2.45) is 27.6 Å². The number of esters is 2. The molecule has 0 radical (unpaired) electrons. The first-order valence-corrected chi connectivity index (χ1v) is 27.0. The molecule has 4 aromatic rings. The summed E-state index contributed by atoms with van der Waals surface area (Å²) in [7, 11) is 0. The molecule has 4 N–H and O–H groups in total. The number of nitrogens with two attached hydrogens (primary N) is 1. The van der Waals surface area contributed by atoms with Gasteiger partial charge in [0.1, 0.15) is 34.0 Å². The van der Waals surface area contributed by atoms with Gasteiger partial charge in [0, 0.05) is 49.9 Å². The van der Waals surface area contributed by atoms with E-state index >= 15 is 0 Å². The van der Waals surface area contributed by atoms with Crippen molar-refractivity contribution in [3.63, 3.8) is 0 Å². The fourth-order valence-corrected chi connectivity index (χ4v) is 10.2. The van der Waals surface area contributed by atoms with Crippen LogP contribution in [0.2, 0.25) is 20.1 Å². The zero-order valence-corrected chi connectivity index (χ0v) is 48.2. The average Bonchev–Trinajstić information content (AvgIpc) is 4.27. The van der Waals surface area contributed by atoms with Crippen LogP contribution in [0.25, 0.3) is 0 Å². The number of rotatable bonds is 15. The number of carboxylic acids is 1. The van der Waals surface area contributed by atoms with E-state index in [1.165, 1.54) is 0 Å². The molecule has 8 rings (SSSR count). The van der Waals surface area contributed by atoms with Crippen LogP contribution in [0.15, 0.2) is 94.9 Å². The number of aliphatic imine (C=N–C) groups is 2. The zero-order valence-electron chi connectivity index (χ0n) is 45.1. The van der Waals surface area contributed by atoms with E-state index in [4.69, 9.17) is 71.6 Å². The van der Waals surface area contributed by atoms with Gasteiger partial charge < -0.3 is 35.4 Å². The Morgan fingerprint density at radius 3 is 1.29 bits per heavy atom. The number of carbonyl (C=O) groups excluding carboxylic acids is 5. The maximum Gasteiger partial charge on any atom is 0.335 e. The molecule has 4 aromatic carbocycles. The molecule has 2 fully saturated rings. The van der Waals surface area contributed by atoms with Gasteiger partial charge in [-0.1, -0.05) is 78.1 Å². The summed E-state index contributed by atoms with van der Waals surface area (Å²) in [5.41, 5.74) is 7.11. The van der Waals surface area contributed by atoms with E-state index in [0.717, 1.165) is 36.8 Å². The Morgan fingerprint density at radius 2 is 0.974 bits per heavy atom. The Balaban J connectivity index is 0.000000247. The molecule has 0 unspecified atom stereocenters. The first kappa shape index (κ1) is 63.0. The first-order valence-electron chi connectivity index (χ1n) is 25.5. The van der Waals surface area contributed by atoms with Crippen molar-refractivity contribution in [3.05, 3.63) is 138 Å². The number of halogens is 4. The van der Waals surface area contributed by atoms with Gasteiger partial charge >= 0.3 is 17.9 Å². The molecule has 2 atom stereocenters. The lowest BCUT2D eigenvalue weighted by Gasteiger charge is -2.37. The summed E-state index contributed by atoms with van der Waals surface area (Å²) in [5.74, 6) is -1.54. The molecule has 2 saturated carbocycles. The van der Waals surface area contributed by atoms with Crippen LogP contribution in [0, 0.1) is 11.8 Å². The van der Waals surface area contributed by atoms with Gasteiger partial charge in [0.05, 0.1) is 30.5 Å². The van der Waals surface area contributed by atoms with Gasteiger partial charge in [0.15, 0.2) is 0 Å². The predicted octanol–water partition coefficient (Wildman–Crippen LogP) is 12.5. The molecule has 3 amide bonds. The van der Waals surface area contributed by atoms with Crippen molar-refractivity contribution in [3.8, 4) is 0 Å². The molecule has 15 nitrogen and oxygen atoms in total. The highest BCUT2D eigenvalue weighted by Crippen LogP contribution is 2.50. The summed E-state index contributed by atoms with van der Waals surface area (Å²) in [5, 5.41) is 13.7. The molecular weight excluding hydrogens is 1080 g/mol. The number of ether oxygens (including phenoxy) is 2. The van der Waals surface area contributed by atoms with Gasteiger partial charge in [0.2, 0.25) is 0 Å². The molecule has 0 spiro atoms. The summed E-state index contributed by atoms with van der Waals surface area (Å²) in [4.78, 5) is 86.8. The van der Waals surface area contributed by atoms with Gasteiger partial charge in [-0.2, -0.15) is 0 Å². The van der Waals surface area contributed by atoms with E-state index in [2.05, 4.69) is 5.32 Å². The molecule has 2 aliphatic carbocycles. The molecule has 0 saturated heterocycles. The largest absolute Gasteiger partial charge is 0.478 e. The second kappa shape index (κ2) is 25.5. The van der Waals surface area contributed by atoms with Crippen LogP contribution in [0.1, 0.15) is 170 Å². The maximum absolute atomic E-state index is 13.7. The van der Waals surface area contributed by atoms with Gasteiger partial charge in [-0.15, -0.1) is 0 Å². The number of carbonyl (C=O) groups is 6. The van der Waals surface area contributed by atoms with Crippen molar-refractivity contribution < 1.29 is 43.3 Å². The normalized spacial score (nSPS) is 17.2. The average molecular weight is 1150 g/mol.